The van der Waals surface area contributed by atoms with Crippen molar-refractivity contribution in [2.75, 3.05) is 19.0 Å². The summed E-state index contributed by atoms with van der Waals surface area (Å²) in [7, 11) is 3.91. The number of rotatable bonds is 4. The highest BCUT2D eigenvalue weighted by Gasteiger charge is 2.13. The summed E-state index contributed by atoms with van der Waals surface area (Å²) in [6.07, 6.45) is 1.73. The third kappa shape index (κ3) is 3.51. The molecule has 4 aromatic rings. The summed E-state index contributed by atoms with van der Waals surface area (Å²) in [5, 5.41) is 12.8. The fourth-order valence-electron chi connectivity index (χ4n) is 3.60. The van der Waals surface area contributed by atoms with Crippen molar-refractivity contribution in [3.05, 3.63) is 90.3 Å². The molecule has 0 amide bonds. The first kappa shape index (κ1) is 20.9. The number of fused-ring (bicyclic) bond motifs is 1. The molecule has 0 radical (unpaired) electrons. The Morgan fingerprint density at radius 1 is 1.12 bits per heavy atom. The van der Waals surface area contributed by atoms with Gasteiger partial charge >= 0.3 is 5.97 Å². The quantitative estimate of drug-likeness (QED) is 0.452. The van der Waals surface area contributed by atoms with Gasteiger partial charge in [-0.2, -0.15) is 0 Å². The minimum Gasteiger partial charge on any atom is -0.478 e. The highest BCUT2D eigenvalue weighted by Crippen LogP contribution is 2.17. The van der Waals surface area contributed by atoms with Crippen molar-refractivity contribution in [3.8, 4) is 5.69 Å². The lowest BCUT2D eigenvalue weighted by Gasteiger charge is -2.13. The predicted octanol–water partition coefficient (Wildman–Crippen LogP) is 1.32. The maximum absolute atomic E-state index is 13.1. The lowest BCUT2D eigenvalue weighted by Crippen LogP contribution is -2.41. The number of carboxylic acid groups (broad SMARTS) is 1. The summed E-state index contributed by atoms with van der Waals surface area (Å²) in [5.74, 6) is -1.06. The molecular formula is C24H22N4O4. The van der Waals surface area contributed by atoms with Gasteiger partial charge in [-0.15, -0.1) is 0 Å². The number of aromatic amines is 2. The zero-order chi connectivity index (χ0) is 23.2. The van der Waals surface area contributed by atoms with E-state index in [0.717, 1.165) is 16.8 Å². The van der Waals surface area contributed by atoms with Crippen molar-refractivity contribution in [1.82, 2.24) is 14.8 Å². The van der Waals surface area contributed by atoms with Crippen LogP contribution in [-0.4, -0.2) is 39.9 Å². The number of pyridine rings is 1. The first-order chi connectivity index (χ1) is 15.2. The van der Waals surface area contributed by atoms with E-state index in [9.17, 15) is 14.4 Å². The van der Waals surface area contributed by atoms with Gasteiger partial charge in [0.05, 0.1) is 16.6 Å². The van der Waals surface area contributed by atoms with Crippen molar-refractivity contribution < 1.29 is 9.90 Å². The van der Waals surface area contributed by atoms with Crippen LogP contribution in [0.1, 0.15) is 21.5 Å². The Bertz CT molecular complexity index is 1590. The summed E-state index contributed by atoms with van der Waals surface area (Å²) in [6.45, 7) is 5.97. The Kier molecular flexibility index (Phi) is 5.06. The van der Waals surface area contributed by atoms with Crippen LogP contribution in [0.3, 0.4) is 0 Å². The van der Waals surface area contributed by atoms with E-state index < -0.39 is 11.5 Å². The van der Waals surface area contributed by atoms with Crippen molar-refractivity contribution in [2.24, 2.45) is 0 Å². The second-order valence-electron chi connectivity index (χ2n) is 7.78. The maximum atomic E-state index is 13.1. The second-order valence-corrected chi connectivity index (χ2v) is 7.78. The largest absolute Gasteiger partial charge is 0.478 e. The molecule has 8 heteroatoms. The third-order valence-electron chi connectivity index (χ3n) is 5.44. The van der Waals surface area contributed by atoms with Crippen LogP contribution in [-0.2, 0) is 0 Å². The van der Waals surface area contributed by atoms with Crippen LogP contribution in [0.4, 0.5) is 5.69 Å². The molecule has 8 nitrogen and oxygen atoms in total. The lowest BCUT2D eigenvalue weighted by molar-refractivity contribution is 0.0697. The molecule has 0 spiro atoms. The molecular weight excluding hydrogens is 408 g/mol. The SMILES string of the molecule is C=c1c(=Cc2ccc(N(C)C)cc2C)c(=O)[nH]c2[nH]n(-c3ccc(C(=O)O)cc3)c(=O)c12. The molecule has 0 fully saturated rings. The van der Waals surface area contributed by atoms with E-state index in [-0.39, 0.29) is 22.2 Å². The van der Waals surface area contributed by atoms with E-state index in [2.05, 4.69) is 16.7 Å². The summed E-state index contributed by atoms with van der Waals surface area (Å²) in [6, 6.07) is 11.7. The number of carbonyl (C=O) groups is 1. The molecule has 0 aliphatic carbocycles. The van der Waals surface area contributed by atoms with Crippen LogP contribution in [0.25, 0.3) is 29.4 Å². The summed E-state index contributed by atoms with van der Waals surface area (Å²) in [5.41, 5.74) is 2.93. The van der Waals surface area contributed by atoms with Gasteiger partial charge in [-0.1, -0.05) is 12.6 Å². The number of carboxylic acids is 1. The van der Waals surface area contributed by atoms with E-state index in [1.165, 1.54) is 28.9 Å². The summed E-state index contributed by atoms with van der Waals surface area (Å²) in [4.78, 5) is 41.7. The predicted molar refractivity (Wildman–Crippen MR) is 125 cm³/mol. The number of anilines is 1. The molecule has 0 saturated carbocycles. The number of H-pyrrole nitrogens is 2. The summed E-state index contributed by atoms with van der Waals surface area (Å²) >= 11 is 0. The van der Waals surface area contributed by atoms with Gasteiger partial charge in [0.2, 0.25) is 0 Å². The number of hydrogen-bond donors (Lipinski definition) is 3. The van der Waals surface area contributed by atoms with Crippen LogP contribution in [0.2, 0.25) is 0 Å². The normalized spacial score (nSPS) is 11.8. The molecule has 0 unspecified atom stereocenters. The minimum absolute atomic E-state index is 0.108. The van der Waals surface area contributed by atoms with Crippen LogP contribution in [0, 0.1) is 6.92 Å². The maximum Gasteiger partial charge on any atom is 0.335 e. The molecule has 0 aliphatic heterocycles. The van der Waals surface area contributed by atoms with Crippen molar-refractivity contribution >= 4 is 35.3 Å². The average molecular weight is 430 g/mol. The molecule has 0 aliphatic rings. The monoisotopic (exact) mass is 430 g/mol. The highest BCUT2D eigenvalue weighted by molar-refractivity contribution is 5.87. The topological polar surface area (TPSA) is 111 Å². The molecule has 162 valence electrons. The number of benzene rings is 2. The molecule has 3 N–H and O–H groups in total. The zero-order valence-corrected chi connectivity index (χ0v) is 17.9. The van der Waals surface area contributed by atoms with Gasteiger partial charge in [0.25, 0.3) is 11.1 Å². The van der Waals surface area contributed by atoms with Crippen molar-refractivity contribution in [3.63, 3.8) is 0 Å². The molecule has 0 atom stereocenters. The standard InChI is InChI=1S/C24H22N4O4/c1-13-11-18(27(3)4)10-7-16(13)12-19-14(2)20-21(25-22(19)29)26-28(23(20)30)17-8-5-15(6-9-17)24(31)32/h5-12,26H,2H2,1,3-4H3,(H,25,29)(H,31,32). The van der Waals surface area contributed by atoms with Gasteiger partial charge in [-0.25, -0.2) is 9.48 Å². The Balaban J connectivity index is 1.91. The molecule has 0 saturated heterocycles. The van der Waals surface area contributed by atoms with Crippen LogP contribution in [0.15, 0.2) is 52.1 Å². The first-order valence-corrected chi connectivity index (χ1v) is 9.87. The van der Waals surface area contributed by atoms with Gasteiger partial charge in [-0.3, -0.25) is 14.7 Å². The van der Waals surface area contributed by atoms with E-state index >= 15 is 0 Å². The van der Waals surface area contributed by atoms with Crippen molar-refractivity contribution in [2.45, 2.75) is 6.92 Å². The zero-order valence-electron chi connectivity index (χ0n) is 17.9. The smallest absolute Gasteiger partial charge is 0.335 e. The highest BCUT2D eigenvalue weighted by atomic mass is 16.4. The molecule has 2 heterocycles. The van der Waals surface area contributed by atoms with Gasteiger partial charge in [0.1, 0.15) is 5.65 Å². The average Bonchev–Trinajstić information content (AvgIpc) is 3.08. The first-order valence-electron chi connectivity index (χ1n) is 9.87. The fraction of sp³-hybridized carbons (Fsp3) is 0.125. The van der Waals surface area contributed by atoms with Gasteiger partial charge < -0.3 is 15.0 Å². The van der Waals surface area contributed by atoms with Gasteiger partial charge in [-0.05, 0) is 65.7 Å². The fourth-order valence-corrected chi connectivity index (χ4v) is 3.60. The van der Waals surface area contributed by atoms with Gasteiger partial charge in [0.15, 0.2) is 0 Å². The molecule has 2 aromatic heterocycles. The Morgan fingerprint density at radius 2 is 1.81 bits per heavy atom. The molecule has 0 bridgehead atoms. The van der Waals surface area contributed by atoms with Crippen molar-refractivity contribution in [1.29, 1.82) is 0 Å². The number of aromatic nitrogens is 3. The number of hydrogen-bond acceptors (Lipinski definition) is 4. The Morgan fingerprint density at radius 3 is 2.41 bits per heavy atom. The number of aryl methyl sites for hydroxylation is 1. The Labute approximate surface area is 182 Å². The third-order valence-corrected chi connectivity index (χ3v) is 5.44. The lowest BCUT2D eigenvalue weighted by atomic mass is 10.1. The summed E-state index contributed by atoms with van der Waals surface area (Å²) < 4.78 is 1.25. The van der Waals surface area contributed by atoms with E-state index in [1.807, 2.05) is 44.1 Å². The van der Waals surface area contributed by atoms with E-state index in [1.54, 1.807) is 6.08 Å². The van der Waals surface area contributed by atoms with Crippen LogP contribution in [0.5, 0.6) is 0 Å². The number of nitrogens with one attached hydrogen (secondary N) is 2. The van der Waals surface area contributed by atoms with Gasteiger partial charge in [0, 0.05) is 25.0 Å². The second kappa shape index (κ2) is 7.73. The van der Waals surface area contributed by atoms with E-state index in [4.69, 9.17) is 5.11 Å². The Hall–Kier alpha value is -4.33. The molecule has 2 aromatic carbocycles. The molecule has 32 heavy (non-hydrogen) atoms. The number of nitrogens with zero attached hydrogens (tertiary/aromatic N) is 2. The number of aromatic carboxylic acids is 1. The van der Waals surface area contributed by atoms with Crippen LogP contribution >= 0.6 is 0 Å². The van der Waals surface area contributed by atoms with E-state index in [0.29, 0.717) is 16.1 Å². The minimum atomic E-state index is -1.06. The van der Waals surface area contributed by atoms with Crippen LogP contribution < -0.4 is 26.5 Å². The molecule has 4 rings (SSSR count).